The van der Waals surface area contributed by atoms with E-state index in [1.54, 1.807) is 26.0 Å². The lowest BCUT2D eigenvalue weighted by Gasteiger charge is -2.08. The van der Waals surface area contributed by atoms with Gasteiger partial charge in [-0.2, -0.15) is 0 Å². The van der Waals surface area contributed by atoms with Gasteiger partial charge in [0.25, 0.3) is 0 Å². The molecular formula is C16H23N5O2. The lowest BCUT2D eigenvalue weighted by atomic mass is 10.1. The summed E-state index contributed by atoms with van der Waals surface area (Å²) in [5.41, 5.74) is 0.839. The molecular weight excluding hydrogens is 294 g/mol. The Hall–Kier alpha value is -2.57. The molecule has 0 radical (unpaired) electrons. The zero-order chi connectivity index (χ0) is 16.8. The fourth-order valence-electron chi connectivity index (χ4n) is 2.32. The minimum Gasteiger partial charge on any atom is -0.347 e. The Labute approximate surface area is 135 Å². The van der Waals surface area contributed by atoms with E-state index in [0.29, 0.717) is 12.5 Å². The van der Waals surface area contributed by atoms with E-state index in [0.717, 1.165) is 23.9 Å². The van der Waals surface area contributed by atoms with Gasteiger partial charge in [0.05, 0.1) is 0 Å². The SMILES string of the molecule is CN(C)c1nn(C(=O)NCCCCc2ccccc2)c(=O)n1C. The molecule has 0 aliphatic rings. The van der Waals surface area contributed by atoms with Crippen LogP contribution in [0.5, 0.6) is 0 Å². The first-order valence-corrected chi connectivity index (χ1v) is 7.66. The van der Waals surface area contributed by atoms with E-state index < -0.39 is 11.7 Å². The summed E-state index contributed by atoms with van der Waals surface area (Å²) >= 11 is 0. The molecule has 2 aromatic rings. The predicted molar refractivity (Wildman–Crippen MR) is 90.0 cm³/mol. The van der Waals surface area contributed by atoms with Crippen molar-refractivity contribution in [2.45, 2.75) is 19.3 Å². The Morgan fingerprint density at radius 2 is 1.91 bits per heavy atom. The van der Waals surface area contributed by atoms with Gasteiger partial charge in [0.1, 0.15) is 0 Å². The van der Waals surface area contributed by atoms with Gasteiger partial charge in [-0.25, -0.2) is 9.59 Å². The number of aryl methyl sites for hydroxylation is 1. The second-order valence-electron chi connectivity index (χ2n) is 5.62. The van der Waals surface area contributed by atoms with Gasteiger partial charge in [-0.05, 0) is 24.8 Å². The van der Waals surface area contributed by atoms with Gasteiger partial charge in [0.2, 0.25) is 5.95 Å². The van der Waals surface area contributed by atoms with Crippen LogP contribution in [0.15, 0.2) is 35.1 Å². The van der Waals surface area contributed by atoms with Crippen LogP contribution in [-0.2, 0) is 13.5 Å². The molecule has 0 saturated carbocycles. The first kappa shape index (κ1) is 16.8. The highest BCUT2D eigenvalue weighted by atomic mass is 16.2. The third-order valence-electron chi connectivity index (χ3n) is 3.56. The number of nitrogens with zero attached hydrogens (tertiary/aromatic N) is 4. The summed E-state index contributed by atoms with van der Waals surface area (Å²) in [6.07, 6.45) is 2.80. The molecule has 124 valence electrons. The number of benzene rings is 1. The number of hydrogen-bond donors (Lipinski definition) is 1. The van der Waals surface area contributed by atoms with Crippen LogP contribution in [0.1, 0.15) is 18.4 Å². The first-order chi connectivity index (χ1) is 11.0. The van der Waals surface area contributed by atoms with Gasteiger partial charge in [-0.1, -0.05) is 30.3 Å². The summed E-state index contributed by atoms with van der Waals surface area (Å²) in [7, 11) is 5.13. The van der Waals surface area contributed by atoms with Crippen LogP contribution in [0.3, 0.4) is 0 Å². The van der Waals surface area contributed by atoms with Crippen molar-refractivity contribution in [1.82, 2.24) is 19.7 Å². The van der Waals surface area contributed by atoms with Crippen molar-refractivity contribution < 1.29 is 4.79 Å². The molecule has 2 rings (SSSR count). The van der Waals surface area contributed by atoms with Crippen LogP contribution < -0.4 is 15.9 Å². The molecule has 7 heteroatoms. The molecule has 0 unspecified atom stereocenters. The van der Waals surface area contributed by atoms with Crippen molar-refractivity contribution in [1.29, 1.82) is 0 Å². The van der Waals surface area contributed by atoms with Crippen molar-refractivity contribution in [2.24, 2.45) is 7.05 Å². The van der Waals surface area contributed by atoms with Crippen LogP contribution in [0.2, 0.25) is 0 Å². The summed E-state index contributed by atoms with van der Waals surface area (Å²) in [5, 5.41) is 6.77. The highest BCUT2D eigenvalue weighted by Crippen LogP contribution is 2.04. The summed E-state index contributed by atoms with van der Waals surface area (Å²) in [5.74, 6) is 0.439. The second-order valence-corrected chi connectivity index (χ2v) is 5.62. The van der Waals surface area contributed by atoms with Crippen LogP contribution in [-0.4, -0.2) is 41.0 Å². The zero-order valence-corrected chi connectivity index (χ0v) is 13.8. The molecule has 0 aliphatic heterocycles. The third-order valence-corrected chi connectivity index (χ3v) is 3.56. The normalized spacial score (nSPS) is 10.6. The van der Waals surface area contributed by atoms with E-state index in [4.69, 9.17) is 0 Å². The van der Waals surface area contributed by atoms with Gasteiger partial charge < -0.3 is 10.2 Å². The van der Waals surface area contributed by atoms with E-state index in [2.05, 4.69) is 22.5 Å². The van der Waals surface area contributed by atoms with E-state index in [9.17, 15) is 9.59 Å². The molecule has 0 saturated heterocycles. The quantitative estimate of drug-likeness (QED) is 0.813. The summed E-state index contributed by atoms with van der Waals surface area (Å²) in [4.78, 5) is 25.7. The number of unbranched alkanes of at least 4 members (excludes halogenated alkanes) is 1. The van der Waals surface area contributed by atoms with Gasteiger partial charge in [-0.15, -0.1) is 9.78 Å². The van der Waals surface area contributed by atoms with Crippen LogP contribution in [0.4, 0.5) is 10.7 Å². The van der Waals surface area contributed by atoms with Crippen molar-refractivity contribution in [3.8, 4) is 0 Å². The lowest BCUT2D eigenvalue weighted by molar-refractivity contribution is 0.238. The Kier molecular flexibility index (Phi) is 5.56. The van der Waals surface area contributed by atoms with Gasteiger partial charge in [-0.3, -0.25) is 4.57 Å². The molecule has 1 aromatic carbocycles. The Bertz CT molecular complexity index is 703. The van der Waals surface area contributed by atoms with Crippen LogP contribution in [0.25, 0.3) is 0 Å². The number of anilines is 1. The maximum Gasteiger partial charge on any atom is 0.355 e. The number of hydrogen-bond acceptors (Lipinski definition) is 4. The van der Waals surface area contributed by atoms with Crippen LogP contribution >= 0.6 is 0 Å². The molecule has 0 aliphatic carbocycles. The second kappa shape index (κ2) is 7.62. The zero-order valence-electron chi connectivity index (χ0n) is 13.8. The van der Waals surface area contributed by atoms with Crippen molar-refractivity contribution in [2.75, 3.05) is 25.5 Å². The Balaban J connectivity index is 1.81. The topological polar surface area (TPSA) is 72.2 Å². The molecule has 1 aromatic heterocycles. The van der Waals surface area contributed by atoms with E-state index in [1.165, 1.54) is 10.1 Å². The van der Waals surface area contributed by atoms with E-state index >= 15 is 0 Å². The molecule has 1 N–H and O–H groups in total. The summed E-state index contributed by atoms with van der Waals surface area (Å²) < 4.78 is 2.21. The molecule has 1 heterocycles. The fourth-order valence-corrected chi connectivity index (χ4v) is 2.32. The lowest BCUT2D eigenvalue weighted by Crippen LogP contribution is -2.37. The maximum absolute atomic E-state index is 12.0. The van der Waals surface area contributed by atoms with E-state index in [1.807, 2.05) is 18.2 Å². The number of rotatable bonds is 6. The number of nitrogens with one attached hydrogen (secondary N) is 1. The third kappa shape index (κ3) is 4.21. The summed E-state index contributed by atoms with van der Waals surface area (Å²) in [6, 6.07) is 9.73. The number of carbonyl (C=O) groups excluding carboxylic acids is 1. The first-order valence-electron chi connectivity index (χ1n) is 7.66. The number of carbonyl (C=O) groups is 1. The largest absolute Gasteiger partial charge is 0.355 e. The van der Waals surface area contributed by atoms with Crippen molar-refractivity contribution >= 4 is 12.0 Å². The average molecular weight is 317 g/mol. The van der Waals surface area contributed by atoms with E-state index in [-0.39, 0.29) is 0 Å². The van der Waals surface area contributed by atoms with Gasteiger partial charge >= 0.3 is 11.7 Å². The molecule has 0 spiro atoms. The number of aromatic nitrogens is 3. The van der Waals surface area contributed by atoms with Crippen molar-refractivity contribution in [3.05, 3.63) is 46.4 Å². The molecule has 7 nitrogen and oxygen atoms in total. The smallest absolute Gasteiger partial charge is 0.347 e. The Morgan fingerprint density at radius 1 is 1.22 bits per heavy atom. The predicted octanol–water partition coefficient (Wildman–Crippen LogP) is 1.23. The highest BCUT2D eigenvalue weighted by molar-refractivity contribution is 5.75. The van der Waals surface area contributed by atoms with Gasteiger partial charge in [0, 0.05) is 27.7 Å². The maximum atomic E-state index is 12.0. The molecule has 1 amide bonds. The molecule has 0 fully saturated rings. The highest BCUT2D eigenvalue weighted by Gasteiger charge is 2.16. The summed E-state index contributed by atoms with van der Waals surface area (Å²) in [6.45, 7) is 0.520. The fraction of sp³-hybridized carbons (Fsp3) is 0.438. The molecule has 0 bridgehead atoms. The Morgan fingerprint density at radius 3 is 2.52 bits per heavy atom. The van der Waals surface area contributed by atoms with Gasteiger partial charge in [0.15, 0.2) is 0 Å². The standard InChI is InChI=1S/C16H23N5O2/c1-19(2)14-18-21(16(23)20(14)3)15(22)17-12-8-7-11-13-9-5-4-6-10-13/h4-6,9-10H,7-8,11-12H2,1-3H3,(H,17,22). The molecule has 23 heavy (non-hydrogen) atoms. The number of amides is 1. The average Bonchev–Trinajstić information content (AvgIpc) is 2.84. The van der Waals surface area contributed by atoms with Crippen LogP contribution in [0, 0.1) is 0 Å². The molecule has 0 atom stereocenters. The monoisotopic (exact) mass is 317 g/mol. The minimum atomic E-state index is -0.488. The minimum absolute atomic E-state index is 0.439. The van der Waals surface area contributed by atoms with Crippen molar-refractivity contribution in [3.63, 3.8) is 0 Å².